The largest absolute Gasteiger partial charge is 0.361 e. The maximum absolute atomic E-state index is 9.44. The van der Waals surface area contributed by atoms with Crippen LogP contribution >= 0.6 is 81.2 Å². The summed E-state index contributed by atoms with van der Waals surface area (Å²) >= 11 is 42.8. The molecule has 0 spiro atoms. The van der Waals surface area contributed by atoms with Crippen molar-refractivity contribution in [3.63, 3.8) is 0 Å². The summed E-state index contributed by atoms with van der Waals surface area (Å²) in [6.45, 7) is 7.40. The first-order chi connectivity index (χ1) is 22.2. The Kier molecular flexibility index (Phi) is 10.8. The third-order valence-electron chi connectivity index (χ3n) is 7.67. The molecule has 47 heavy (non-hydrogen) atoms. The quantitative estimate of drug-likeness (QED) is 0.165. The highest BCUT2D eigenvalue weighted by Gasteiger charge is 2.29. The number of aromatic amines is 3. The van der Waals surface area contributed by atoms with E-state index >= 15 is 0 Å². The van der Waals surface area contributed by atoms with Gasteiger partial charge in [-0.3, -0.25) is 0 Å². The number of aromatic nitrogens is 3. The van der Waals surface area contributed by atoms with E-state index in [1.54, 1.807) is 6.07 Å². The summed E-state index contributed by atoms with van der Waals surface area (Å²) in [5, 5.41) is 7.14. The van der Waals surface area contributed by atoms with Gasteiger partial charge in [0.1, 0.15) is 5.78 Å². The van der Waals surface area contributed by atoms with E-state index in [4.69, 9.17) is 81.2 Å². The highest BCUT2D eigenvalue weighted by Crippen LogP contribution is 2.42. The molecule has 0 atom stereocenters. The van der Waals surface area contributed by atoms with Crippen LogP contribution < -0.4 is 0 Å². The van der Waals surface area contributed by atoms with E-state index < -0.39 is 0 Å². The average molecular weight is 767 g/mol. The molecule has 0 saturated heterocycles. The lowest BCUT2D eigenvalue weighted by Gasteiger charge is -2.24. The number of Topliss-reactive ketones (excluding diaryl/α,β-unsaturated/α-hetero) is 1. The standard InChI is InChI=1S/C19H14Cl4N2.C14H8Cl3N.C3H6O/c1-19(2,11-7-24-17-5-15(22)13(20)3-9(11)17)12-8-25-18-6-16(23)14(21)4-10(12)18;15-9-2-4-14-10(6-9)11(7-18-14)8-1-3-12(16)13(17)5-8;1-3(2)4/h3-8,24-25H,1-2H3;1-7,18H;1-2H3. The van der Waals surface area contributed by atoms with Crippen LogP contribution in [0.1, 0.15) is 38.8 Å². The average Bonchev–Trinajstić information content (AvgIpc) is 3.72. The fourth-order valence-corrected chi connectivity index (χ4v) is 6.53. The Morgan fingerprint density at radius 2 is 1.00 bits per heavy atom. The van der Waals surface area contributed by atoms with Crippen LogP contribution in [0.25, 0.3) is 43.8 Å². The molecule has 7 aromatic rings. The summed E-state index contributed by atoms with van der Waals surface area (Å²) in [7, 11) is 0. The molecule has 7 rings (SSSR count). The highest BCUT2D eigenvalue weighted by atomic mass is 35.5. The molecule has 0 unspecified atom stereocenters. The van der Waals surface area contributed by atoms with Gasteiger partial charge in [0.2, 0.25) is 0 Å². The molecule has 3 heterocycles. The molecule has 11 heteroatoms. The molecule has 0 amide bonds. The number of halogens is 7. The number of fused-ring (bicyclic) bond motifs is 3. The molecule has 242 valence electrons. The second-order valence-corrected chi connectivity index (χ2v) is 14.5. The maximum atomic E-state index is 9.44. The van der Waals surface area contributed by atoms with E-state index in [9.17, 15) is 4.79 Å². The van der Waals surface area contributed by atoms with Gasteiger partial charge in [-0.25, -0.2) is 0 Å². The van der Waals surface area contributed by atoms with E-state index in [1.807, 2.05) is 73.2 Å². The summed E-state index contributed by atoms with van der Waals surface area (Å²) in [6.07, 6.45) is 5.96. The zero-order valence-corrected chi connectivity index (χ0v) is 30.9. The van der Waals surface area contributed by atoms with Gasteiger partial charge in [0.15, 0.2) is 0 Å². The molecule has 0 bridgehead atoms. The predicted octanol–water partition coefficient (Wildman–Crippen LogP) is 14.0. The van der Waals surface area contributed by atoms with Gasteiger partial charge in [0.25, 0.3) is 0 Å². The highest BCUT2D eigenvalue weighted by molar-refractivity contribution is 6.43. The normalized spacial score (nSPS) is 11.4. The minimum absolute atomic E-state index is 0.167. The van der Waals surface area contributed by atoms with Crippen LogP contribution in [-0.4, -0.2) is 20.7 Å². The number of ketones is 1. The lowest BCUT2D eigenvalue weighted by Crippen LogP contribution is -2.18. The van der Waals surface area contributed by atoms with E-state index in [-0.39, 0.29) is 11.2 Å². The molecule has 4 aromatic carbocycles. The lowest BCUT2D eigenvalue weighted by molar-refractivity contribution is -0.114. The van der Waals surface area contributed by atoms with Crippen molar-refractivity contribution >= 4 is 120 Å². The predicted molar refractivity (Wildman–Crippen MR) is 204 cm³/mol. The molecular formula is C36H28Cl7N3O. The summed E-state index contributed by atoms with van der Waals surface area (Å²) in [6, 6.07) is 18.9. The van der Waals surface area contributed by atoms with Crippen LogP contribution in [-0.2, 0) is 10.2 Å². The summed E-state index contributed by atoms with van der Waals surface area (Å²) < 4.78 is 0. The number of hydrogen-bond donors (Lipinski definition) is 3. The van der Waals surface area contributed by atoms with Gasteiger partial charge >= 0.3 is 0 Å². The number of nitrogens with one attached hydrogen (secondary N) is 3. The molecule has 0 fully saturated rings. The summed E-state index contributed by atoms with van der Waals surface area (Å²) in [5.41, 5.74) is 7.01. The number of carbonyl (C=O) groups excluding carboxylic acids is 1. The van der Waals surface area contributed by atoms with Crippen molar-refractivity contribution in [2.75, 3.05) is 0 Å². The lowest BCUT2D eigenvalue weighted by atomic mass is 9.78. The summed E-state index contributed by atoms with van der Waals surface area (Å²) in [5.74, 6) is 0.167. The van der Waals surface area contributed by atoms with Crippen molar-refractivity contribution in [1.29, 1.82) is 0 Å². The van der Waals surface area contributed by atoms with Gasteiger partial charge in [-0.15, -0.1) is 0 Å². The third kappa shape index (κ3) is 7.60. The van der Waals surface area contributed by atoms with Gasteiger partial charge in [-0.05, 0) is 85.1 Å². The number of carbonyl (C=O) groups is 1. The van der Waals surface area contributed by atoms with Gasteiger partial charge in [-0.1, -0.05) is 101 Å². The minimum Gasteiger partial charge on any atom is -0.361 e. The van der Waals surface area contributed by atoms with Crippen molar-refractivity contribution in [1.82, 2.24) is 15.0 Å². The molecule has 0 aliphatic rings. The van der Waals surface area contributed by atoms with Crippen LogP contribution in [0.5, 0.6) is 0 Å². The number of benzene rings is 4. The molecule has 0 saturated carbocycles. The molecule has 0 radical (unpaired) electrons. The van der Waals surface area contributed by atoms with Crippen molar-refractivity contribution in [2.24, 2.45) is 0 Å². The zero-order valence-electron chi connectivity index (χ0n) is 25.6. The van der Waals surface area contributed by atoms with Crippen molar-refractivity contribution in [2.45, 2.75) is 33.1 Å². The minimum atomic E-state index is -0.287. The van der Waals surface area contributed by atoms with Crippen molar-refractivity contribution in [3.8, 4) is 11.1 Å². The van der Waals surface area contributed by atoms with E-state index in [0.717, 1.165) is 55.0 Å². The fraction of sp³-hybridized carbons (Fsp3) is 0.139. The van der Waals surface area contributed by atoms with E-state index in [0.29, 0.717) is 35.2 Å². The number of H-pyrrole nitrogens is 3. The smallest absolute Gasteiger partial charge is 0.126 e. The maximum Gasteiger partial charge on any atom is 0.126 e. The Bertz CT molecular complexity index is 2170. The Hall–Kier alpha value is -2.80. The summed E-state index contributed by atoms with van der Waals surface area (Å²) in [4.78, 5) is 19.2. The molecule has 3 N–H and O–H groups in total. The molecular weight excluding hydrogens is 739 g/mol. The molecule has 0 aliphatic heterocycles. The molecule has 4 nitrogen and oxygen atoms in total. The van der Waals surface area contributed by atoms with Crippen LogP contribution in [0, 0.1) is 0 Å². The van der Waals surface area contributed by atoms with Crippen LogP contribution in [0.4, 0.5) is 0 Å². The Morgan fingerprint density at radius 1 is 0.532 bits per heavy atom. The van der Waals surface area contributed by atoms with Crippen LogP contribution in [0.2, 0.25) is 35.2 Å². The van der Waals surface area contributed by atoms with E-state index in [1.165, 1.54) is 13.8 Å². The number of rotatable bonds is 3. The van der Waals surface area contributed by atoms with Gasteiger partial charge in [0.05, 0.1) is 30.1 Å². The monoisotopic (exact) mass is 763 g/mol. The van der Waals surface area contributed by atoms with Crippen molar-refractivity contribution in [3.05, 3.63) is 126 Å². The third-order valence-corrected chi connectivity index (χ3v) is 10.1. The second kappa shape index (κ2) is 14.4. The second-order valence-electron chi connectivity index (χ2n) is 11.6. The molecule has 3 aromatic heterocycles. The Morgan fingerprint density at radius 3 is 1.51 bits per heavy atom. The first-order valence-electron chi connectivity index (χ1n) is 14.3. The molecule has 0 aliphatic carbocycles. The van der Waals surface area contributed by atoms with Gasteiger partial charge in [-0.2, -0.15) is 0 Å². The Labute approximate surface area is 307 Å². The zero-order chi connectivity index (χ0) is 34.2. The fourth-order valence-electron chi connectivity index (χ4n) is 5.41. The van der Waals surface area contributed by atoms with Gasteiger partial charge < -0.3 is 19.7 Å². The van der Waals surface area contributed by atoms with Gasteiger partial charge in [0, 0.05) is 67.3 Å². The van der Waals surface area contributed by atoms with E-state index in [2.05, 4.69) is 28.8 Å². The number of hydrogen-bond acceptors (Lipinski definition) is 1. The first-order valence-corrected chi connectivity index (χ1v) is 16.9. The Balaban J connectivity index is 0.000000173. The topological polar surface area (TPSA) is 64.4 Å². The SMILES string of the molecule is CC(C)(c1c[nH]c2cc(Cl)c(Cl)cc12)c1c[nH]c2cc(Cl)c(Cl)cc12.CC(C)=O.Clc1ccc2[nH]cc(-c3ccc(Cl)c(Cl)c3)c2c1. The van der Waals surface area contributed by atoms with Crippen LogP contribution in [0.3, 0.4) is 0 Å². The van der Waals surface area contributed by atoms with Crippen LogP contribution in [0.15, 0.2) is 79.3 Å². The van der Waals surface area contributed by atoms with Crippen molar-refractivity contribution < 1.29 is 4.79 Å². The first kappa shape index (κ1) is 35.5.